The third kappa shape index (κ3) is 1.65. The summed E-state index contributed by atoms with van der Waals surface area (Å²) in [7, 11) is 0. The van der Waals surface area contributed by atoms with Crippen molar-refractivity contribution in [3.8, 4) is 0 Å². The van der Waals surface area contributed by atoms with Crippen LogP contribution < -0.4 is 0 Å². The SMILES string of the molecule is C=Cc1c(S)ccc(F)c1Br. The molecule has 0 bridgehead atoms. The Bertz CT molecular complexity index is 296. The van der Waals surface area contributed by atoms with Gasteiger partial charge < -0.3 is 0 Å². The fourth-order valence-electron chi connectivity index (χ4n) is 0.750. The largest absolute Gasteiger partial charge is 0.206 e. The van der Waals surface area contributed by atoms with Crippen molar-refractivity contribution in [3.05, 3.63) is 34.6 Å². The first-order chi connectivity index (χ1) is 5.16. The first-order valence-corrected chi connectivity index (χ1v) is 4.20. The lowest BCUT2D eigenvalue weighted by Gasteiger charge is -2.02. The van der Waals surface area contributed by atoms with Crippen LogP contribution in [-0.4, -0.2) is 0 Å². The molecule has 0 saturated heterocycles. The molecule has 0 heterocycles. The molecule has 0 amide bonds. The summed E-state index contributed by atoms with van der Waals surface area (Å²) in [4.78, 5) is 0.716. The molecule has 1 aromatic carbocycles. The van der Waals surface area contributed by atoms with E-state index in [0.717, 1.165) is 0 Å². The Morgan fingerprint density at radius 2 is 2.18 bits per heavy atom. The molecule has 0 atom stereocenters. The predicted octanol–water partition coefficient (Wildman–Crippen LogP) is 3.52. The summed E-state index contributed by atoms with van der Waals surface area (Å²) >= 11 is 7.22. The summed E-state index contributed by atoms with van der Waals surface area (Å²) in [6.07, 6.45) is 1.56. The summed E-state index contributed by atoms with van der Waals surface area (Å²) in [6.45, 7) is 3.55. The third-order valence-electron chi connectivity index (χ3n) is 1.31. The second-order valence-electron chi connectivity index (χ2n) is 2.00. The molecule has 0 spiro atoms. The fraction of sp³-hybridized carbons (Fsp3) is 0. The zero-order valence-electron chi connectivity index (χ0n) is 5.64. The van der Waals surface area contributed by atoms with Gasteiger partial charge in [0.1, 0.15) is 5.82 Å². The van der Waals surface area contributed by atoms with Crippen molar-refractivity contribution < 1.29 is 4.39 Å². The maximum atomic E-state index is 12.8. The molecule has 0 aromatic heterocycles. The highest BCUT2D eigenvalue weighted by molar-refractivity contribution is 9.10. The highest BCUT2D eigenvalue weighted by Crippen LogP contribution is 2.26. The van der Waals surface area contributed by atoms with Crippen LogP contribution in [0.4, 0.5) is 4.39 Å². The Morgan fingerprint density at radius 3 is 2.64 bits per heavy atom. The maximum absolute atomic E-state index is 12.8. The van der Waals surface area contributed by atoms with Gasteiger partial charge in [0.05, 0.1) is 4.47 Å². The van der Waals surface area contributed by atoms with Gasteiger partial charge in [-0.25, -0.2) is 4.39 Å². The molecular formula is C8H6BrFS. The number of halogens is 2. The number of benzene rings is 1. The molecule has 1 rings (SSSR count). The lowest BCUT2D eigenvalue weighted by atomic mass is 10.2. The van der Waals surface area contributed by atoms with Gasteiger partial charge in [-0.05, 0) is 28.1 Å². The van der Waals surface area contributed by atoms with Gasteiger partial charge in [-0.2, -0.15) is 0 Å². The molecule has 3 heteroatoms. The van der Waals surface area contributed by atoms with Gasteiger partial charge in [-0.15, -0.1) is 12.6 Å². The van der Waals surface area contributed by atoms with Gasteiger partial charge >= 0.3 is 0 Å². The van der Waals surface area contributed by atoms with Crippen LogP contribution in [0.1, 0.15) is 5.56 Å². The minimum Gasteiger partial charge on any atom is -0.206 e. The highest BCUT2D eigenvalue weighted by Gasteiger charge is 2.04. The zero-order valence-corrected chi connectivity index (χ0v) is 8.12. The summed E-state index contributed by atoms with van der Waals surface area (Å²) in [5, 5.41) is 0. The monoisotopic (exact) mass is 232 g/mol. The Kier molecular flexibility index (Phi) is 2.73. The van der Waals surface area contributed by atoms with Crippen LogP contribution in [-0.2, 0) is 0 Å². The van der Waals surface area contributed by atoms with Crippen LogP contribution in [0.2, 0.25) is 0 Å². The number of hydrogen-bond acceptors (Lipinski definition) is 1. The maximum Gasteiger partial charge on any atom is 0.138 e. The molecule has 0 radical (unpaired) electrons. The molecule has 58 valence electrons. The van der Waals surface area contributed by atoms with Crippen LogP contribution in [0.5, 0.6) is 0 Å². The van der Waals surface area contributed by atoms with Gasteiger partial charge in [0.25, 0.3) is 0 Å². The van der Waals surface area contributed by atoms with Gasteiger partial charge in [-0.1, -0.05) is 12.7 Å². The van der Waals surface area contributed by atoms with E-state index in [9.17, 15) is 4.39 Å². The number of thiol groups is 1. The summed E-state index contributed by atoms with van der Waals surface area (Å²) in [5.41, 5.74) is 0.688. The van der Waals surface area contributed by atoms with E-state index in [2.05, 4.69) is 35.1 Å². The van der Waals surface area contributed by atoms with E-state index in [1.807, 2.05) is 0 Å². The van der Waals surface area contributed by atoms with E-state index < -0.39 is 0 Å². The Hall–Kier alpha value is -0.280. The number of rotatable bonds is 1. The molecule has 0 unspecified atom stereocenters. The van der Waals surface area contributed by atoms with E-state index in [1.54, 1.807) is 12.1 Å². The third-order valence-corrected chi connectivity index (χ3v) is 2.51. The van der Waals surface area contributed by atoms with Gasteiger partial charge in [0.15, 0.2) is 0 Å². The van der Waals surface area contributed by atoms with Crippen molar-refractivity contribution in [2.45, 2.75) is 4.90 Å². The topological polar surface area (TPSA) is 0 Å². The van der Waals surface area contributed by atoms with Crippen LogP contribution in [0, 0.1) is 5.82 Å². The average Bonchev–Trinajstić information content (AvgIpc) is 1.99. The summed E-state index contributed by atoms with van der Waals surface area (Å²) in [6, 6.07) is 2.96. The van der Waals surface area contributed by atoms with Crippen LogP contribution in [0.15, 0.2) is 28.1 Å². The highest BCUT2D eigenvalue weighted by atomic mass is 79.9. The van der Waals surface area contributed by atoms with Crippen LogP contribution in [0.3, 0.4) is 0 Å². The van der Waals surface area contributed by atoms with Gasteiger partial charge in [0, 0.05) is 10.5 Å². The van der Waals surface area contributed by atoms with Crippen molar-refractivity contribution in [3.63, 3.8) is 0 Å². The standard InChI is InChI=1S/C8H6BrFS/c1-2-5-7(11)4-3-6(10)8(5)9/h2-4,11H,1H2. The van der Waals surface area contributed by atoms with E-state index >= 15 is 0 Å². The molecule has 11 heavy (non-hydrogen) atoms. The molecule has 0 N–H and O–H groups in total. The molecule has 1 aromatic rings. The minimum absolute atomic E-state index is 0.294. The second kappa shape index (κ2) is 3.41. The lowest BCUT2D eigenvalue weighted by Crippen LogP contribution is -1.83. The van der Waals surface area contributed by atoms with E-state index in [-0.39, 0.29) is 5.82 Å². The fourth-order valence-corrected chi connectivity index (χ4v) is 1.69. The Balaban J connectivity index is 3.40. The lowest BCUT2D eigenvalue weighted by molar-refractivity contribution is 0.619. The minimum atomic E-state index is -0.294. The molecule has 0 aliphatic heterocycles. The zero-order chi connectivity index (χ0) is 8.43. The van der Waals surface area contributed by atoms with Gasteiger partial charge in [0.2, 0.25) is 0 Å². The first-order valence-electron chi connectivity index (χ1n) is 2.96. The van der Waals surface area contributed by atoms with E-state index in [1.165, 1.54) is 6.07 Å². The van der Waals surface area contributed by atoms with Gasteiger partial charge in [-0.3, -0.25) is 0 Å². The summed E-state index contributed by atoms with van der Waals surface area (Å²) < 4.78 is 13.2. The van der Waals surface area contributed by atoms with Crippen LogP contribution in [0.25, 0.3) is 6.08 Å². The Morgan fingerprint density at radius 1 is 1.55 bits per heavy atom. The van der Waals surface area contributed by atoms with Crippen molar-refractivity contribution in [1.29, 1.82) is 0 Å². The molecule has 0 aliphatic carbocycles. The quantitative estimate of drug-likeness (QED) is 0.705. The Labute approximate surface area is 78.7 Å². The summed E-state index contributed by atoms with van der Waals surface area (Å²) in [5.74, 6) is -0.294. The molecule has 0 nitrogen and oxygen atoms in total. The van der Waals surface area contributed by atoms with Crippen molar-refractivity contribution in [2.24, 2.45) is 0 Å². The van der Waals surface area contributed by atoms with E-state index in [4.69, 9.17) is 0 Å². The predicted molar refractivity (Wildman–Crippen MR) is 51.4 cm³/mol. The first kappa shape index (κ1) is 8.81. The van der Waals surface area contributed by atoms with Crippen molar-refractivity contribution >= 4 is 34.6 Å². The van der Waals surface area contributed by atoms with E-state index in [0.29, 0.717) is 14.9 Å². The number of hydrogen-bond donors (Lipinski definition) is 1. The van der Waals surface area contributed by atoms with Crippen molar-refractivity contribution in [2.75, 3.05) is 0 Å². The van der Waals surface area contributed by atoms with Crippen LogP contribution >= 0.6 is 28.6 Å². The van der Waals surface area contributed by atoms with Crippen molar-refractivity contribution in [1.82, 2.24) is 0 Å². The normalized spacial score (nSPS) is 9.73. The smallest absolute Gasteiger partial charge is 0.138 e. The molecule has 0 fully saturated rings. The average molecular weight is 233 g/mol. The molecule has 0 aliphatic rings. The molecule has 0 saturated carbocycles. The second-order valence-corrected chi connectivity index (χ2v) is 3.27. The molecular weight excluding hydrogens is 227 g/mol.